The number of anilines is 1. The van der Waals surface area contributed by atoms with Crippen LogP contribution in [0.15, 0.2) is 42.5 Å². The summed E-state index contributed by atoms with van der Waals surface area (Å²) in [5.41, 5.74) is 11.0. The molecule has 3 rings (SSSR count). The zero-order chi connectivity index (χ0) is 15.7. The van der Waals surface area contributed by atoms with E-state index in [9.17, 15) is 4.39 Å². The highest BCUT2D eigenvalue weighted by Crippen LogP contribution is 2.36. The summed E-state index contributed by atoms with van der Waals surface area (Å²) in [4.78, 5) is 4.47. The lowest BCUT2D eigenvalue weighted by Crippen LogP contribution is -2.27. The van der Waals surface area contributed by atoms with E-state index in [4.69, 9.17) is 5.73 Å². The van der Waals surface area contributed by atoms with Gasteiger partial charge in [-0.2, -0.15) is 0 Å². The highest BCUT2D eigenvalue weighted by atomic mass is 19.1. The summed E-state index contributed by atoms with van der Waals surface area (Å²) in [7, 11) is 4.09. The van der Waals surface area contributed by atoms with Crippen molar-refractivity contribution in [2.24, 2.45) is 5.73 Å². The van der Waals surface area contributed by atoms with Crippen molar-refractivity contribution in [3.63, 3.8) is 0 Å². The Balaban J connectivity index is 1.84. The van der Waals surface area contributed by atoms with Gasteiger partial charge in [-0.05, 0) is 41.0 Å². The van der Waals surface area contributed by atoms with Crippen LogP contribution >= 0.6 is 0 Å². The molecular weight excluding hydrogens is 277 g/mol. The molecule has 1 unspecified atom stereocenters. The first-order chi connectivity index (χ1) is 10.6. The molecule has 0 spiro atoms. The fraction of sp³-hybridized carbons (Fsp3) is 0.333. The average molecular weight is 299 g/mol. The fourth-order valence-electron chi connectivity index (χ4n) is 3.11. The zero-order valence-corrected chi connectivity index (χ0v) is 13.1. The van der Waals surface area contributed by atoms with Crippen molar-refractivity contribution in [2.75, 3.05) is 25.5 Å². The van der Waals surface area contributed by atoms with E-state index in [2.05, 4.69) is 28.0 Å². The van der Waals surface area contributed by atoms with Gasteiger partial charge in [-0.15, -0.1) is 0 Å². The van der Waals surface area contributed by atoms with Crippen LogP contribution in [0.25, 0.3) is 0 Å². The number of benzene rings is 2. The molecule has 116 valence electrons. The van der Waals surface area contributed by atoms with E-state index in [1.165, 1.54) is 28.9 Å². The standard InChI is InChI=1S/C18H22FN3/c1-21(2)16-8-5-14-12-22(18(10-20)17(14)9-16)11-13-3-6-15(19)7-4-13/h3-9,18H,10-12,20H2,1-2H3. The number of nitrogens with zero attached hydrogens (tertiary/aromatic N) is 2. The molecule has 2 N–H and O–H groups in total. The van der Waals surface area contributed by atoms with Crippen LogP contribution in [0.4, 0.5) is 10.1 Å². The molecule has 1 heterocycles. The Morgan fingerprint density at radius 2 is 1.91 bits per heavy atom. The van der Waals surface area contributed by atoms with Crippen molar-refractivity contribution >= 4 is 5.69 Å². The molecular formula is C18H22FN3. The van der Waals surface area contributed by atoms with Gasteiger partial charge in [0.25, 0.3) is 0 Å². The van der Waals surface area contributed by atoms with Gasteiger partial charge < -0.3 is 10.6 Å². The summed E-state index contributed by atoms with van der Waals surface area (Å²) in [6.07, 6.45) is 0. The number of hydrogen-bond acceptors (Lipinski definition) is 3. The van der Waals surface area contributed by atoms with Crippen LogP contribution in [0.2, 0.25) is 0 Å². The van der Waals surface area contributed by atoms with Crippen LogP contribution in [-0.2, 0) is 13.1 Å². The predicted molar refractivity (Wildman–Crippen MR) is 88.2 cm³/mol. The fourth-order valence-corrected chi connectivity index (χ4v) is 3.11. The minimum atomic E-state index is -0.195. The maximum Gasteiger partial charge on any atom is 0.123 e. The van der Waals surface area contributed by atoms with Crippen LogP contribution in [0.5, 0.6) is 0 Å². The first-order valence-corrected chi connectivity index (χ1v) is 7.57. The van der Waals surface area contributed by atoms with Crippen LogP contribution in [0, 0.1) is 5.82 Å². The molecule has 0 saturated carbocycles. The van der Waals surface area contributed by atoms with E-state index in [1.807, 2.05) is 26.2 Å². The van der Waals surface area contributed by atoms with Crippen molar-refractivity contribution in [3.05, 3.63) is 65.0 Å². The first kappa shape index (κ1) is 15.0. The van der Waals surface area contributed by atoms with Crippen LogP contribution < -0.4 is 10.6 Å². The van der Waals surface area contributed by atoms with E-state index in [1.54, 1.807) is 0 Å². The molecule has 2 aromatic rings. The normalized spacial score (nSPS) is 17.5. The van der Waals surface area contributed by atoms with Gasteiger partial charge in [0.2, 0.25) is 0 Å². The molecule has 0 bridgehead atoms. The molecule has 3 nitrogen and oxygen atoms in total. The Kier molecular flexibility index (Phi) is 4.14. The summed E-state index contributed by atoms with van der Waals surface area (Å²) in [6.45, 7) is 2.27. The summed E-state index contributed by atoms with van der Waals surface area (Å²) < 4.78 is 13.0. The summed E-state index contributed by atoms with van der Waals surface area (Å²) >= 11 is 0. The van der Waals surface area contributed by atoms with Crippen LogP contribution in [0.1, 0.15) is 22.7 Å². The Labute approximate surface area is 131 Å². The lowest BCUT2D eigenvalue weighted by molar-refractivity contribution is 0.211. The number of rotatable bonds is 4. The lowest BCUT2D eigenvalue weighted by Gasteiger charge is -2.24. The SMILES string of the molecule is CN(C)c1ccc2c(c1)C(CN)N(Cc1ccc(F)cc1)C2. The summed E-state index contributed by atoms with van der Waals surface area (Å²) in [5, 5.41) is 0. The molecule has 22 heavy (non-hydrogen) atoms. The highest BCUT2D eigenvalue weighted by Gasteiger charge is 2.29. The number of hydrogen-bond donors (Lipinski definition) is 1. The highest BCUT2D eigenvalue weighted by molar-refractivity contribution is 5.52. The minimum Gasteiger partial charge on any atom is -0.378 e. The lowest BCUT2D eigenvalue weighted by atomic mass is 10.0. The van der Waals surface area contributed by atoms with E-state index >= 15 is 0 Å². The van der Waals surface area contributed by atoms with Crippen molar-refractivity contribution < 1.29 is 4.39 Å². The van der Waals surface area contributed by atoms with Gasteiger partial charge >= 0.3 is 0 Å². The van der Waals surface area contributed by atoms with E-state index in [-0.39, 0.29) is 11.9 Å². The van der Waals surface area contributed by atoms with Gasteiger partial charge in [0, 0.05) is 45.5 Å². The number of fused-ring (bicyclic) bond motifs is 1. The Hall–Kier alpha value is -1.91. The van der Waals surface area contributed by atoms with E-state index in [0.717, 1.165) is 18.7 Å². The quantitative estimate of drug-likeness (QED) is 0.942. The first-order valence-electron chi connectivity index (χ1n) is 7.57. The maximum absolute atomic E-state index is 13.0. The monoisotopic (exact) mass is 299 g/mol. The summed E-state index contributed by atoms with van der Waals surface area (Å²) in [5.74, 6) is -0.195. The van der Waals surface area contributed by atoms with Gasteiger partial charge in [0.15, 0.2) is 0 Å². The molecule has 0 aliphatic carbocycles. The Bertz CT molecular complexity index is 652. The van der Waals surface area contributed by atoms with Crippen LogP contribution in [0.3, 0.4) is 0 Å². The molecule has 0 amide bonds. The van der Waals surface area contributed by atoms with Gasteiger partial charge in [0.1, 0.15) is 5.82 Å². The van der Waals surface area contributed by atoms with E-state index in [0.29, 0.717) is 6.54 Å². The molecule has 0 aromatic heterocycles. The van der Waals surface area contributed by atoms with Gasteiger partial charge in [-0.3, -0.25) is 4.90 Å². The molecule has 0 saturated heterocycles. The van der Waals surface area contributed by atoms with Gasteiger partial charge in [0.05, 0.1) is 0 Å². The zero-order valence-electron chi connectivity index (χ0n) is 13.1. The molecule has 0 radical (unpaired) electrons. The smallest absolute Gasteiger partial charge is 0.123 e. The van der Waals surface area contributed by atoms with Crippen LogP contribution in [-0.4, -0.2) is 25.5 Å². The largest absolute Gasteiger partial charge is 0.378 e. The van der Waals surface area contributed by atoms with Crippen molar-refractivity contribution in [1.82, 2.24) is 4.90 Å². The third-order valence-corrected chi connectivity index (χ3v) is 4.34. The minimum absolute atomic E-state index is 0.195. The molecule has 2 aromatic carbocycles. The maximum atomic E-state index is 13.0. The third-order valence-electron chi connectivity index (χ3n) is 4.34. The third kappa shape index (κ3) is 2.85. The Morgan fingerprint density at radius 3 is 2.55 bits per heavy atom. The molecule has 1 aliphatic heterocycles. The second-order valence-corrected chi connectivity index (χ2v) is 6.06. The van der Waals surface area contributed by atoms with Crippen molar-refractivity contribution in [2.45, 2.75) is 19.1 Å². The average Bonchev–Trinajstić information content (AvgIpc) is 2.85. The van der Waals surface area contributed by atoms with E-state index < -0.39 is 0 Å². The molecule has 1 aliphatic rings. The van der Waals surface area contributed by atoms with Gasteiger partial charge in [-0.25, -0.2) is 4.39 Å². The molecule has 1 atom stereocenters. The molecule has 4 heteroatoms. The number of halogens is 1. The topological polar surface area (TPSA) is 32.5 Å². The second kappa shape index (κ2) is 6.07. The summed E-state index contributed by atoms with van der Waals surface area (Å²) in [6, 6.07) is 13.5. The van der Waals surface area contributed by atoms with Gasteiger partial charge in [-0.1, -0.05) is 18.2 Å². The second-order valence-electron chi connectivity index (χ2n) is 6.06. The van der Waals surface area contributed by atoms with Crippen molar-refractivity contribution in [1.29, 1.82) is 0 Å². The number of nitrogens with two attached hydrogens (primary N) is 1. The Morgan fingerprint density at radius 1 is 1.18 bits per heavy atom. The molecule has 0 fully saturated rings. The van der Waals surface area contributed by atoms with Crippen molar-refractivity contribution in [3.8, 4) is 0 Å². The predicted octanol–water partition coefficient (Wildman–Crippen LogP) is 2.91.